The molecule has 3 heteroatoms. The summed E-state index contributed by atoms with van der Waals surface area (Å²) in [5.41, 5.74) is 0. The molecule has 0 heterocycles. The largest absolute Gasteiger partial charge is 0.463 e. The standard InChI is InChI=1S/C8H11NO2/c1-2-3-7-11-8(10)5-4-6-9/h4-5H,2-3,7H2,1H3. The van der Waals surface area contributed by atoms with Crippen molar-refractivity contribution in [1.29, 1.82) is 5.26 Å². The van der Waals surface area contributed by atoms with Crippen LogP contribution >= 0.6 is 0 Å². The summed E-state index contributed by atoms with van der Waals surface area (Å²) >= 11 is 0. The highest BCUT2D eigenvalue weighted by Gasteiger charge is 1.93. The van der Waals surface area contributed by atoms with Crippen molar-refractivity contribution in [2.75, 3.05) is 6.61 Å². The SMILES string of the molecule is CCCCOC(=O)C=CC#N. The van der Waals surface area contributed by atoms with Crippen molar-refractivity contribution in [3.05, 3.63) is 12.2 Å². The fourth-order valence-corrected chi connectivity index (χ4v) is 0.471. The van der Waals surface area contributed by atoms with Crippen LogP contribution in [0, 0.1) is 11.3 Å². The van der Waals surface area contributed by atoms with Gasteiger partial charge in [-0.25, -0.2) is 4.79 Å². The molecule has 0 aromatic carbocycles. The predicted octanol–water partition coefficient (Wildman–Crippen LogP) is 1.41. The Morgan fingerprint density at radius 3 is 3.00 bits per heavy atom. The Morgan fingerprint density at radius 2 is 2.45 bits per heavy atom. The molecule has 0 rings (SSSR count). The van der Waals surface area contributed by atoms with E-state index in [1.165, 1.54) is 0 Å². The molecule has 0 spiro atoms. The zero-order chi connectivity index (χ0) is 8.53. The highest BCUT2D eigenvalue weighted by atomic mass is 16.5. The van der Waals surface area contributed by atoms with Crippen LogP contribution in [0.2, 0.25) is 0 Å². The fraction of sp³-hybridized carbons (Fsp3) is 0.500. The molecule has 0 aromatic rings. The lowest BCUT2D eigenvalue weighted by atomic mass is 10.4. The Morgan fingerprint density at radius 1 is 1.73 bits per heavy atom. The second-order valence-corrected chi connectivity index (χ2v) is 1.98. The highest BCUT2D eigenvalue weighted by Crippen LogP contribution is 1.89. The van der Waals surface area contributed by atoms with E-state index in [4.69, 9.17) is 10.00 Å². The van der Waals surface area contributed by atoms with Gasteiger partial charge >= 0.3 is 5.97 Å². The minimum Gasteiger partial charge on any atom is -0.463 e. The van der Waals surface area contributed by atoms with Crippen LogP contribution in [-0.2, 0) is 9.53 Å². The first-order valence-electron chi connectivity index (χ1n) is 3.54. The van der Waals surface area contributed by atoms with Crippen molar-refractivity contribution in [2.45, 2.75) is 19.8 Å². The molecule has 11 heavy (non-hydrogen) atoms. The lowest BCUT2D eigenvalue weighted by Gasteiger charge is -1.97. The summed E-state index contributed by atoms with van der Waals surface area (Å²) in [7, 11) is 0. The van der Waals surface area contributed by atoms with Crippen LogP contribution in [0.4, 0.5) is 0 Å². The van der Waals surface area contributed by atoms with E-state index in [2.05, 4.69) is 0 Å². The number of nitrogens with zero attached hydrogens (tertiary/aromatic N) is 1. The first-order chi connectivity index (χ1) is 5.31. The van der Waals surface area contributed by atoms with Crippen LogP contribution < -0.4 is 0 Å². The van der Waals surface area contributed by atoms with Gasteiger partial charge in [-0.15, -0.1) is 0 Å². The van der Waals surface area contributed by atoms with Crippen molar-refractivity contribution in [1.82, 2.24) is 0 Å². The molecule has 0 N–H and O–H groups in total. The summed E-state index contributed by atoms with van der Waals surface area (Å²) in [6.07, 6.45) is 4.09. The predicted molar refractivity (Wildman–Crippen MR) is 40.6 cm³/mol. The molecule has 0 saturated carbocycles. The molecule has 0 aliphatic heterocycles. The molecule has 0 fully saturated rings. The Kier molecular flexibility index (Phi) is 6.01. The molecule has 0 aliphatic carbocycles. The number of allylic oxidation sites excluding steroid dienone is 1. The van der Waals surface area contributed by atoms with E-state index in [1.54, 1.807) is 6.07 Å². The second kappa shape index (κ2) is 6.81. The third kappa shape index (κ3) is 6.59. The zero-order valence-electron chi connectivity index (χ0n) is 6.54. The Balaban J connectivity index is 3.39. The maximum atomic E-state index is 10.6. The van der Waals surface area contributed by atoms with Crippen molar-refractivity contribution in [2.24, 2.45) is 0 Å². The van der Waals surface area contributed by atoms with Crippen LogP contribution in [0.1, 0.15) is 19.8 Å². The maximum absolute atomic E-state index is 10.6. The molecular formula is C8H11NO2. The molecule has 60 valence electrons. The fourth-order valence-electron chi connectivity index (χ4n) is 0.471. The number of carbonyl (C=O) groups excluding carboxylic acids is 1. The Bertz CT molecular complexity index is 179. The monoisotopic (exact) mass is 153 g/mol. The lowest BCUT2D eigenvalue weighted by molar-refractivity contribution is -0.137. The quantitative estimate of drug-likeness (QED) is 0.265. The van der Waals surface area contributed by atoms with E-state index < -0.39 is 5.97 Å². The number of esters is 1. The molecule has 3 nitrogen and oxygen atoms in total. The molecule has 0 amide bonds. The normalized spacial score (nSPS) is 9.45. The van der Waals surface area contributed by atoms with E-state index >= 15 is 0 Å². The number of carbonyl (C=O) groups is 1. The first-order valence-corrected chi connectivity index (χ1v) is 3.54. The number of ether oxygens (including phenoxy) is 1. The third-order valence-electron chi connectivity index (χ3n) is 1.04. The van der Waals surface area contributed by atoms with Gasteiger partial charge in [0.2, 0.25) is 0 Å². The van der Waals surface area contributed by atoms with E-state index in [0.29, 0.717) is 6.61 Å². The molecule has 0 atom stereocenters. The van der Waals surface area contributed by atoms with Gasteiger partial charge in [0.15, 0.2) is 0 Å². The van der Waals surface area contributed by atoms with Gasteiger partial charge in [0, 0.05) is 12.2 Å². The molecule has 0 aromatic heterocycles. The van der Waals surface area contributed by atoms with Crippen molar-refractivity contribution < 1.29 is 9.53 Å². The van der Waals surface area contributed by atoms with Gasteiger partial charge in [-0.05, 0) is 6.42 Å². The van der Waals surface area contributed by atoms with Crippen LogP contribution in [-0.4, -0.2) is 12.6 Å². The average Bonchev–Trinajstić information content (AvgIpc) is 2.01. The molecule has 0 unspecified atom stereocenters. The summed E-state index contributed by atoms with van der Waals surface area (Å²) in [6.45, 7) is 2.45. The summed E-state index contributed by atoms with van der Waals surface area (Å²) in [4.78, 5) is 10.6. The maximum Gasteiger partial charge on any atom is 0.331 e. The van der Waals surface area contributed by atoms with Gasteiger partial charge in [-0.2, -0.15) is 5.26 Å². The van der Waals surface area contributed by atoms with E-state index in [0.717, 1.165) is 25.0 Å². The van der Waals surface area contributed by atoms with Crippen molar-refractivity contribution in [3.8, 4) is 6.07 Å². The van der Waals surface area contributed by atoms with Gasteiger partial charge < -0.3 is 4.74 Å². The molecule has 0 saturated heterocycles. The number of nitriles is 1. The van der Waals surface area contributed by atoms with E-state index in [9.17, 15) is 4.79 Å². The molecule has 0 aliphatic rings. The van der Waals surface area contributed by atoms with E-state index in [-0.39, 0.29) is 0 Å². The second-order valence-electron chi connectivity index (χ2n) is 1.98. The zero-order valence-corrected chi connectivity index (χ0v) is 6.54. The summed E-state index contributed by atoms with van der Waals surface area (Å²) in [6, 6.07) is 1.71. The summed E-state index contributed by atoms with van der Waals surface area (Å²) in [5, 5.41) is 8.04. The minimum absolute atomic E-state index is 0.436. The number of unbranched alkanes of at least 4 members (excludes halogenated alkanes) is 1. The number of rotatable bonds is 4. The third-order valence-corrected chi connectivity index (χ3v) is 1.04. The topological polar surface area (TPSA) is 50.1 Å². The smallest absolute Gasteiger partial charge is 0.331 e. The Hall–Kier alpha value is -1.30. The summed E-state index contributed by atoms with van der Waals surface area (Å²) in [5.74, 6) is -0.444. The van der Waals surface area contributed by atoms with Gasteiger partial charge in [0.25, 0.3) is 0 Å². The van der Waals surface area contributed by atoms with Crippen LogP contribution in [0.25, 0.3) is 0 Å². The molecular weight excluding hydrogens is 142 g/mol. The van der Waals surface area contributed by atoms with Gasteiger partial charge in [-0.3, -0.25) is 0 Å². The lowest BCUT2D eigenvalue weighted by Crippen LogP contribution is -2.01. The number of hydrogen-bond acceptors (Lipinski definition) is 3. The van der Waals surface area contributed by atoms with Crippen molar-refractivity contribution in [3.63, 3.8) is 0 Å². The van der Waals surface area contributed by atoms with Gasteiger partial charge in [-0.1, -0.05) is 13.3 Å². The van der Waals surface area contributed by atoms with E-state index in [1.807, 2.05) is 6.92 Å². The van der Waals surface area contributed by atoms with Crippen LogP contribution in [0.15, 0.2) is 12.2 Å². The van der Waals surface area contributed by atoms with Crippen LogP contribution in [0.5, 0.6) is 0 Å². The van der Waals surface area contributed by atoms with Crippen molar-refractivity contribution >= 4 is 5.97 Å². The summed E-state index contributed by atoms with van der Waals surface area (Å²) < 4.78 is 4.71. The highest BCUT2D eigenvalue weighted by molar-refractivity contribution is 5.82. The van der Waals surface area contributed by atoms with Crippen LogP contribution in [0.3, 0.4) is 0 Å². The van der Waals surface area contributed by atoms with Gasteiger partial charge in [0.05, 0.1) is 12.7 Å². The first kappa shape index (κ1) is 9.70. The molecule has 0 bridgehead atoms. The average molecular weight is 153 g/mol. The number of hydrogen-bond donors (Lipinski definition) is 0. The minimum atomic E-state index is -0.444. The Labute approximate surface area is 66.3 Å². The molecule has 0 radical (unpaired) electrons. The van der Waals surface area contributed by atoms with Gasteiger partial charge in [0.1, 0.15) is 0 Å².